The minimum absolute atomic E-state index is 0.128. The Kier molecular flexibility index (Phi) is 5.15. The molecule has 1 aromatic heterocycles. The molecule has 2 N–H and O–H groups in total. The number of carbonyl (C=O) groups is 2. The van der Waals surface area contributed by atoms with Crippen LogP contribution < -0.4 is 10.6 Å². The normalized spacial score (nSPS) is 15.6. The average molecular weight is 412 g/mol. The van der Waals surface area contributed by atoms with Crippen LogP contribution in [0.15, 0.2) is 48.7 Å². The molecule has 1 aliphatic heterocycles. The van der Waals surface area contributed by atoms with Gasteiger partial charge in [-0.15, -0.1) is 11.3 Å². The molecule has 0 unspecified atom stereocenters. The average Bonchev–Trinajstić information content (AvgIpc) is 3.10. The molecule has 1 aliphatic rings. The molecular weight excluding hydrogens is 394 g/mol. The van der Waals surface area contributed by atoms with E-state index in [1.165, 1.54) is 11.3 Å². The second-order valence-corrected chi connectivity index (χ2v) is 8.30. The Morgan fingerprint density at radius 2 is 2.14 bits per heavy atom. The lowest BCUT2D eigenvalue weighted by atomic mass is 9.90. The van der Waals surface area contributed by atoms with Crippen molar-refractivity contribution in [3.05, 3.63) is 75.3 Å². The molecule has 5 nitrogen and oxygen atoms in total. The van der Waals surface area contributed by atoms with Gasteiger partial charge in [0.15, 0.2) is 5.13 Å². The quantitative estimate of drug-likeness (QED) is 0.650. The fourth-order valence-electron chi connectivity index (χ4n) is 3.23. The number of nitrogens with zero attached hydrogens (tertiary/aromatic N) is 1. The molecule has 142 valence electrons. The number of nitrogens with one attached hydrogen (secondary N) is 2. The Morgan fingerprint density at radius 1 is 1.32 bits per heavy atom. The molecule has 0 fully saturated rings. The summed E-state index contributed by atoms with van der Waals surface area (Å²) in [5.74, 6) is -0.898. The van der Waals surface area contributed by atoms with Gasteiger partial charge in [-0.1, -0.05) is 41.9 Å². The van der Waals surface area contributed by atoms with E-state index in [2.05, 4.69) is 15.6 Å². The Hall–Kier alpha value is -2.70. The molecule has 3 aromatic rings. The van der Waals surface area contributed by atoms with E-state index in [4.69, 9.17) is 11.6 Å². The first-order valence-electron chi connectivity index (χ1n) is 8.89. The van der Waals surface area contributed by atoms with Crippen LogP contribution in [0.2, 0.25) is 5.02 Å². The first-order chi connectivity index (χ1) is 13.5. The second kappa shape index (κ2) is 7.73. The number of hydrogen-bond donors (Lipinski definition) is 2. The molecule has 0 bridgehead atoms. The SMILES string of the molecule is Cc1ccc(Cc2cnc(NC(=O)[C@H]3CC(=O)Nc4ccccc43)s2)cc1Cl. The van der Waals surface area contributed by atoms with Gasteiger partial charge in [0.1, 0.15) is 0 Å². The maximum Gasteiger partial charge on any atom is 0.234 e. The highest BCUT2D eigenvalue weighted by atomic mass is 35.5. The molecule has 1 atom stereocenters. The zero-order chi connectivity index (χ0) is 19.7. The van der Waals surface area contributed by atoms with Crippen LogP contribution in [0.25, 0.3) is 0 Å². The number of benzene rings is 2. The van der Waals surface area contributed by atoms with Gasteiger partial charge in [-0.3, -0.25) is 9.59 Å². The maximum atomic E-state index is 12.8. The van der Waals surface area contributed by atoms with E-state index in [9.17, 15) is 9.59 Å². The number of aromatic nitrogens is 1. The molecule has 7 heteroatoms. The number of hydrogen-bond acceptors (Lipinski definition) is 4. The Balaban J connectivity index is 1.47. The first kappa shape index (κ1) is 18.7. The summed E-state index contributed by atoms with van der Waals surface area (Å²) in [5, 5.41) is 6.94. The number of thiazole rings is 1. The highest BCUT2D eigenvalue weighted by Crippen LogP contribution is 2.33. The van der Waals surface area contributed by atoms with Crippen LogP contribution in [-0.4, -0.2) is 16.8 Å². The topological polar surface area (TPSA) is 71.1 Å². The Labute approximate surface area is 171 Å². The van der Waals surface area contributed by atoms with Crippen molar-refractivity contribution in [2.24, 2.45) is 0 Å². The van der Waals surface area contributed by atoms with E-state index in [1.807, 2.05) is 43.3 Å². The number of halogens is 1. The number of anilines is 2. The van der Waals surface area contributed by atoms with E-state index in [0.717, 1.165) is 26.6 Å². The molecule has 0 radical (unpaired) electrons. The van der Waals surface area contributed by atoms with Crippen molar-refractivity contribution in [2.45, 2.75) is 25.7 Å². The van der Waals surface area contributed by atoms with E-state index in [-0.39, 0.29) is 18.2 Å². The summed E-state index contributed by atoms with van der Waals surface area (Å²) in [6, 6.07) is 13.4. The third kappa shape index (κ3) is 3.93. The van der Waals surface area contributed by atoms with Crippen molar-refractivity contribution < 1.29 is 9.59 Å². The fraction of sp³-hybridized carbons (Fsp3) is 0.190. The van der Waals surface area contributed by atoms with Crippen molar-refractivity contribution >= 4 is 45.6 Å². The second-order valence-electron chi connectivity index (χ2n) is 6.77. The van der Waals surface area contributed by atoms with E-state index < -0.39 is 5.92 Å². The van der Waals surface area contributed by atoms with Crippen LogP contribution in [0.4, 0.5) is 10.8 Å². The molecule has 0 spiro atoms. The third-order valence-corrected chi connectivity index (χ3v) is 6.03. The number of fused-ring (bicyclic) bond motifs is 1. The van der Waals surface area contributed by atoms with Gasteiger partial charge in [-0.05, 0) is 35.7 Å². The van der Waals surface area contributed by atoms with Crippen molar-refractivity contribution in [1.29, 1.82) is 0 Å². The first-order valence-corrected chi connectivity index (χ1v) is 10.1. The molecule has 2 amide bonds. The van der Waals surface area contributed by atoms with Crippen molar-refractivity contribution in [3.8, 4) is 0 Å². The standard InChI is InChI=1S/C21H18ClN3O2S/c1-12-6-7-13(9-17(12)22)8-14-11-23-21(28-14)25-20(27)16-10-19(26)24-18-5-3-2-4-15(16)18/h2-7,9,11,16H,8,10H2,1H3,(H,24,26)(H,23,25,27)/t16-/m0/s1. The molecular formula is C21H18ClN3O2S. The predicted octanol–water partition coefficient (Wildman–Crippen LogP) is 4.76. The lowest BCUT2D eigenvalue weighted by molar-refractivity contribution is -0.123. The van der Waals surface area contributed by atoms with Gasteiger partial charge < -0.3 is 10.6 Å². The van der Waals surface area contributed by atoms with Crippen molar-refractivity contribution in [2.75, 3.05) is 10.6 Å². The zero-order valence-electron chi connectivity index (χ0n) is 15.2. The highest BCUT2D eigenvalue weighted by Gasteiger charge is 2.30. The lowest BCUT2D eigenvalue weighted by Gasteiger charge is -2.24. The number of para-hydroxylation sites is 1. The van der Waals surface area contributed by atoms with Crippen molar-refractivity contribution in [3.63, 3.8) is 0 Å². The summed E-state index contributed by atoms with van der Waals surface area (Å²) in [5.41, 5.74) is 3.65. The van der Waals surface area contributed by atoms with Crippen LogP contribution in [0.1, 0.15) is 33.9 Å². The molecule has 0 saturated heterocycles. The summed E-state index contributed by atoms with van der Waals surface area (Å²) in [4.78, 5) is 30.1. The van der Waals surface area contributed by atoms with Gasteiger partial charge in [-0.2, -0.15) is 0 Å². The van der Waals surface area contributed by atoms with Gasteiger partial charge in [0, 0.05) is 34.6 Å². The number of aryl methyl sites for hydroxylation is 1. The summed E-state index contributed by atoms with van der Waals surface area (Å²) in [7, 11) is 0. The van der Waals surface area contributed by atoms with Crippen LogP contribution in [0, 0.1) is 6.92 Å². The number of rotatable bonds is 4. The van der Waals surface area contributed by atoms with E-state index >= 15 is 0 Å². The number of carbonyl (C=O) groups excluding carboxylic acids is 2. The number of amides is 2. The van der Waals surface area contributed by atoms with Gasteiger partial charge in [0.25, 0.3) is 0 Å². The van der Waals surface area contributed by atoms with E-state index in [0.29, 0.717) is 17.2 Å². The maximum absolute atomic E-state index is 12.8. The minimum atomic E-state index is -0.520. The smallest absolute Gasteiger partial charge is 0.234 e. The largest absolute Gasteiger partial charge is 0.326 e. The van der Waals surface area contributed by atoms with Crippen molar-refractivity contribution in [1.82, 2.24) is 4.98 Å². The molecule has 28 heavy (non-hydrogen) atoms. The van der Waals surface area contributed by atoms with Gasteiger partial charge in [-0.25, -0.2) is 4.98 Å². The molecule has 2 aromatic carbocycles. The molecule has 0 saturated carbocycles. The van der Waals surface area contributed by atoms with Crippen LogP contribution in [0.3, 0.4) is 0 Å². The monoisotopic (exact) mass is 411 g/mol. The third-order valence-electron chi connectivity index (χ3n) is 4.71. The summed E-state index contributed by atoms with van der Waals surface area (Å²) in [6.45, 7) is 1.97. The minimum Gasteiger partial charge on any atom is -0.326 e. The molecule has 4 rings (SSSR count). The lowest BCUT2D eigenvalue weighted by Crippen LogP contribution is -2.30. The summed E-state index contributed by atoms with van der Waals surface area (Å²) < 4.78 is 0. The van der Waals surface area contributed by atoms with Crippen LogP contribution >= 0.6 is 22.9 Å². The van der Waals surface area contributed by atoms with Crippen LogP contribution in [0.5, 0.6) is 0 Å². The summed E-state index contributed by atoms with van der Waals surface area (Å²) >= 11 is 7.62. The predicted molar refractivity (Wildman–Crippen MR) is 112 cm³/mol. The fourth-order valence-corrected chi connectivity index (χ4v) is 4.29. The summed E-state index contributed by atoms with van der Waals surface area (Å²) in [6.07, 6.45) is 2.58. The highest BCUT2D eigenvalue weighted by molar-refractivity contribution is 7.15. The van der Waals surface area contributed by atoms with E-state index in [1.54, 1.807) is 12.3 Å². The zero-order valence-corrected chi connectivity index (χ0v) is 16.7. The molecule has 2 heterocycles. The Bertz CT molecular complexity index is 1060. The van der Waals surface area contributed by atoms with Gasteiger partial charge in [0.05, 0.1) is 5.92 Å². The van der Waals surface area contributed by atoms with Crippen LogP contribution in [-0.2, 0) is 16.0 Å². The molecule has 0 aliphatic carbocycles. The van der Waals surface area contributed by atoms with Gasteiger partial charge >= 0.3 is 0 Å². The Morgan fingerprint density at radius 3 is 2.96 bits per heavy atom. The van der Waals surface area contributed by atoms with Gasteiger partial charge in [0.2, 0.25) is 11.8 Å².